The molecule has 5 heteroatoms. The third-order valence-electron chi connectivity index (χ3n) is 2.79. The number of nitrogens with one attached hydrogen (secondary N) is 2. The van der Waals surface area contributed by atoms with Crippen molar-refractivity contribution in [1.29, 1.82) is 0 Å². The van der Waals surface area contributed by atoms with E-state index in [4.69, 9.17) is 0 Å². The summed E-state index contributed by atoms with van der Waals surface area (Å²) in [5, 5.41) is 5.66. The van der Waals surface area contributed by atoms with Gasteiger partial charge in [-0.25, -0.2) is 4.79 Å². The van der Waals surface area contributed by atoms with Crippen LogP contribution in [0.2, 0.25) is 0 Å². The molecule has 1 saturated heterocycles. The van der Waals surface area contributed by atoms with Gasteiger partial charge in [0.25, 0.3) is 0 Å². The fourth-order valence-electron chi connectivity index (χ4n) is 1.97. The number of piperidine rings is 1. The Morgan fingerprint density at radius 1 is 1.11 bits per heavy atom. The molecule has 18 heavy (non-hydrogen) atoms. The molecule has 0 aromatic heterocycles. The summed E-state index contributed by atoms with van der Waals surface area (Å²) in [6.45, 7) is 7.89. The predicted molar refractivity (Wildman–Crippen MR) is 71.3 cm³/mol. The number of carbonyl (C=O) groups excluding carboxylic acids is 2. The number of urea groups is 1. The van der Waals surface area contributed by atoms with Crippen LogP contribution in [0.3, 0.4) is 0 Å². The molecule has 104 valence electrons. The van der Waals surface area contributed by atoms with Gasteiger partial charge in [0.05, 0.1) is 0 Å². The molecular formula is C13H25N3O2. The Labute approximate surface area is 109 Å². The summed E-state index contributed by atoms with van der Waals surface area (Å²) in [5.41, 5.74) is -0.214. The van der Waals surface area contributed by atoms with Crippen molar-refractivity contribution in [3.8, 4) is 0 Å². The highest BCUT2D eigenvalue weighted by Gasteiger charge is 2.17. The molecule has 0 radical (unpaired) electrons. The molecule has 0 spiro atoms. The normalized spacial score (nSPS) is 16.3. The SMILES string of the molecule is CC(C)(C)NC(=O)CCNC(=O)N1CCCCC1. The molecule has 2 N–H and O–H groups in total. The second kappa shape index (κ2) is 6.61. The monoisotopic (exact) mass is 255 g/mol. The van der Waals surface area contributed by atoms with Gasteiger partial charge in [-0.15, -0.1) is 0 Å². The number of amides is 3. The van der Waals surface area contributed by atoms with E-state index in [2.05, 4.69) is 10.6 Å². The van der Waals surface area contributed by atoms with E-state index in [-0.39, 0.29) is 17.5 Å². The zero-order valence-electron chi connectivity index (χ0n) is 11.7. The molecule has 1 fully saturated rings. The third kappa shape index (κ3) is 5.89. The first-order valence-electron chi connectivity index (χ1n) is 6.72. The first-order valence-corrected chi connectivity index (χ1v) is 6.72. The number of likely N-dealkylation sites (tertiary alicyclic amines) is 1. The Morgan fingerprint density at radius 3 is 2.28 bits per heavy atom. The van der Waals surface area contributed by atoms with Crippen molar-refractivity contribution < 1.29 is 9.59 Å². The highest BCUT2D eigenvalue weighted by Crippen LogP contribution is 2.08. The largest absolute Gasteiger partial charge is 0.351 e. The second-order valence-corrected chi connectivity index (χ2v) is 5.83. The summed E-state index contributed by atoms with van der Waals surface area (Å²) in [4.78, 5) is 25.1. The molecule has 0 aromatic carbocycles. The van der Waals surface area contributed by atoms with Crippen molar-refractivity contribution in [2.45, 2.75) is 52.0 Å². The number of hydrogen-bond acceptors (Lipinski definition) is 2. The number of nitrogens with zero attached hydrogens (tertiary/aromatic N) is 1. The first kappa shape index (κ1) is 14.8. The molecule has 1 aliphatic heterocycles. The van der Waals surface area contributed by atoms with Crippen LogP contribution in [0.4, 0.5) is 4.79 Å². The number of carbonyl (C=O) groups is 2. The maximum Gasteiger partial charge on any atom is 0.317 e. The maximum atomic E-state index is 11.7. The summed E-state index contributed by atoms with van der Waals surface area (Å²) < 4.78 is 0. The van der Waals surface area contributed by atoms with Gasteiger partial charge in [0.2, 0.25) is 5.91 Å². The summed E-state index contributed by atoms with van der Waals surface area (Å²) in [6.07, 6.45) is 3.70. The highest BCUT2D eigenvalue weighted by atomic mass is 16.2. The van der Waals surface area contributed by atoms with Crippen molar-refractivity contribution in [2.75, 3.05) is 19.6 Å². The van der Waals surface area contributed by atoms with Gasteiger partial charge >= 0.3 is 6.03 Å². The lowest BCUT2D eigenvalue weighted by atomic mass is 10.1. The van der Waals surface area contributed by atoms with Gasteiger partial charge in [0, 0.05) is 31.6 Å². The van der Waals surface area contributed by atoms with E-state index in [0.717, 1.165) is 25.9 Å². The van der Waals surface area contributed by atoms with Crippen molar-refractivity contribution in [3.63, 3.8) is 0 Å². The summed E-state index contributed by atoms with van der Waals surface area (Å²) in [5.74, 6) is -0.0264. The Bertz CT molecular complexity index is 291. The maximum absolute atomic E-state index is 11.7. The lowest BCUT2D eigenvalue weighted by molar-refractivity contribution is -0.122. The van der Waals surface area contributed by atoms with Crippen molar-refractivity contribution in [3.05, 3.63) is 0 Å². The molecule has 3 amide bonds. The number of hydrogen-bond donors (Lipinski definition) is 2. The van der Waals surface area contributed by atoms with E-state index < -0.39 is 0 Å². The lowest BCUT2D eigenvalue weighted by Crippen LogP contribution is -2.45. The molecule has 0 aliphatic carbocycles. The van der Waals surface area contributed by atoms with Crippen molar-refractivity contribution in [1.82, 2.24) is 15.5 Å². The quantitative estimate of drug-likeness (QED) is 0.802. The smallest absolute Gasteiger partial charge is 0.317 e. The summed E-state index contributed by atoms with van der Waals surface area (Å²) >= 11 is 0. The molecule has 0 saturated carbocycles. The van der Waals surface area contributed by atoms with Crippen LogP contribution >= 0.6 is 0 Å². The lowest BCUT2D eigenvalue weighted by Gasteiger charge is -2.27. The molecule has 1 aliphatic rings. The van der Waals surface area contributed by atoms with Gasteiger partial charge in [0.1, 0.15) is 0 Å². The zero-order valence-corrected chi connectivity index (χ0v) is 11.7. The van der Waals surface area contributed by atoms with Gasteiger partial charge in [-0.1, -0.05) is 0 Å². The van der Waals surface area contributed by atoms with Crippen LogP contribution in [0.25, 0.3) is 0 Å². The Balaban J connectivity index is 2.17. The first-order chi connectivity index (χ1) is 8.38. The van der Waals surface area contributed by atoms with E-state index in [9.17, 15) is 9.59 Å². The Kier molecular flexibility index (Phi) is 5.44. The average Bonchev–Trinajstić information content (AvgIpc) is 2.27. The van der Waals surface area contributed by atoms with E-state index in [1.165, 1.54) is 6.42 Å². The van der Waals surface area contributed by atoms with E-state index in [1.807, 2.05) is 25.7 Å². The average molecular weight is 255 g/mol. The van der Waals surface area contributed by atoms with Crippen LogP contribution in [0, 0.1) is 0 Å². The molecular weight excluding hydrogens is 230 g/mol. The minimum absolute atomic E-state index is 0.0264. The topological polar surface area (TPSA) is 61.4 Å². The van der Waals surface area contributed by atoms with E-state index in [1.54, 1.807) is 0 Å². The highest BCUT2D eigenvalue weighted by molar-refractivity contribution is 5.78. The standard InChI is InChI=1S/C13H25N3O2/c1-13(2,3)15-11(17)7-8-14-12(18)16-9-5-4-6-10-16/h4-10H2,1-3H3,(H,14,18)(H,15,17). The fourth-order valence-corrected chi connectivity index (χ4v) is 1.97. The van der Waals surface area contributed by atoms with Gasteiger partial charge < -0.3 is 15.5 Å². The Morgan fingerprint density at radius 2 is 1.72 bits per heavy atom. The summed E-state index contributed by atoms with van der Waals surface area (Å²) in [7, 11) is 0. The zero-order chi connectivity index (χ0) is 13.6. The minimum Gasteiger partial charge on any atom is -0.351 e. The van der Waals surface area contributed by atoms with Crippen molar-refractivity contribution >= 4 is 11.9 Å². The molecule has 0 atom stereocenters. The molecule has 0 aromatic rings. The van der Waals surface area contributed by atoms with Gasteiger partial charge in [-0.2, -0.15) is 0 Å². The van der Waals surface area contributed by atoms with Crippen LogP contribution in [0.5, 0.6) is 0 Å². The van der Waals surface area contributed by atoms with E-state index in [0.29, 0.717) is 13.0 Å². The molecule has 1 heterocycles. The van der Waals surface area contributed by atoms with Crippen LogP contribution in [0.15, 0.2) is 0 Å². The van der Waals surface area contributed by atoms with Crippen LogP contribution in [-0.2, 0) is 4.79 Å². The second-order valence-electron chi connectivity index (χ2n) is 5.83. The molecule has 0 unspecified atom stereocenters. The van der Waals surface area contributed by atoms with E-state index >= 15 is 0 Å². The minimum atomic E-state index is -0.214. The molecule has 5 nitrogen and oxygen atoms in total. The van der Waals surface area contributed by atoms with Crippen molar-refractivity contribution in [2.24, 2.45) is 0 Å². The third-order valence-corrected chi connectivity index (χ3v) is 2.79. The predicted octanol–water partition coefficient (Wildman–Crippen LogP) is 1.49. The Hall–Kier alpha value is -1.26. The van der Waals surface area contributed by atoms with Gasteiger partial charge in [0.15, 0.2) is 0 Å². The summed E-state index contributed by atoms with van der Waals surface area (Å²) in [6, 6.07) is -0.0433. The van der Waals surface area contributed by atoms with Crippen LogP contribution < -0.4 is 10.6 Å². The van der Waals surface area contributed by atoms with Crippen LogP contribution in [0.1, 0.15) is 46.5 Å². The van der Waals surface area contributed by atoms with Crippen LogP contribution in [-0.4, -0.2) is 42.0 Å². The molecule has 0 bridgehead atoms. The number of rotatable bonds is 3. The molecule has 1 rings (SSSR count). The fraction of sp³-hybridized carbons (Fsp3) is 0.846. The van der Waals surface area contributed by atoms with Gasteiger partial charge in [-0.3, -0.25) is 4.79 Å². The van der Waals surface area contributed by atoms with Gasteiger partial charge in [-0.05, 0) is 40.0 Å².